The van der Waals surface area contributed by atoms with Crippen LogP contribution in [0.15, 0.2) is 0 Å². The van der Waals surface area contributed by atoms with Crippen molar-refractivity contribution in [2.24, 2.45) is 11.7 Å². The SMILES string of the molecule is NCC1CC(C(=O)O)N(C(=O)O)C1. The fourth-order valence-electron chi connectivity index (χ4n) is 1.54. The van der Waals surface area contributed by atoms with Crippen LogP contribution in [-0.4, -0.2) is 46.3 Å². The number of hydrogen-bond donors (Lipinski definition) is 3. The fraction of sp³-hybridized carbons (Fsp3) is 0.714. The van der Waals surface area contributed by atoms with Crippen LogP contribution < -0.4 is 5.73 Å². The summed E-state index contributed by atoms with van der Waals surface area (Å²) in [4.78, 5) is 22.2. The molecule has 1 rings (SSSR count). The number of nitrogens with zero attached hydrogens (tertiary/aromatic N) is 1. The first-order chi connectivity index (χ1) is 6.06. The van der Waals surface area contributed by atoms with Gasteiger partial charge in [-0.05, 0) is 18.9 Å². The summed E-state index contributed by atoms with van der Waals surface area (Å²) < 4.78 is 0. The molecule has 74 valence electrons. The minimum atomic E-state index is -1.19. The summed E-state index contributed by atoms with van der Waals surface area (Å²) >= 11 is 0. The molecule has 0 spiro atoms. The Balaban J connectivity index is 2.71. The molecular weight excluding hydrogens is 176 g/mol. The maximum Gasteiger partial charge on any atom is 0.408 e. The van der Waals surface area contributed by atoms with E-state index in [9.17, 15) is 9.59 Å². The number of nitrogens with two attached hydrogens (primary N) is 1. The number of amides is 1. The third-order valence-corrected chi connectivity index (χ3v) is 2.25. The fourth-order valence-corrected chi connectivity index (χ4v) is 1.54. The second-order valence-corrected chi connectivity index (χ2v) is 3.13. The van der Waals surface area contributed by atoms with Gasteiger partial charge in [0, 0.05) is 6.54 Å². The van der Waals surface area contributed by atoms with Crippen molar-refractivity contribution in [1.82, 2.24) is 4.90 Å². The van der Waals surface area contributed by atoms with E-state index in [2.05, 4.69) is 0 Å². The van der Waals surface area contributed by atoms with Gasteiger partial charge in [-0.25, -0.2) is 9.59 Å². The van der Waals surface area contributed by atoms with Gasteiger partial charge in [-0.3, -0.25) is 4.90 Å². The molecule has 0 radical (unpaired) electrons. The van der Waals surface area contributed by atoms with E-state index in [1.165, 1.54) is 0 Å². The summed E-state index contributed by atoms with van der Waals surface area (Å²) in [6, 6.07) is -0.925. The molecule has 4 N–H and O–H groups in total. The van der Waals surface area contributed by atoms with Crippen LogP contribution in [0.3, 0.4) is 0 Å². The number of rotatable bonds is 2. The smallest absolute Gasteiger partial charge is 0.408 e. The molecule has 0 aromatic rings. The van der Waals surface area contributed by atoms with E-state index in [0.29, 0.717) is 13.0 Å². The lowest BCUT2D eigenvalue weighted by Gasteiger charge is -2.16. The lowest BCUT2D eigenvalue weighted by atomic mass is 10.1. The van der Waals surface area contributed by atoms with Crippen molar-refractivity contribution in [1.29, 1.82) is 0 Å². The zero-order valence-corrected chi connectivity index (χ0v) is 7.01. The normalized spacial score (nSPS) is 27.6. The lowest BCUT2D eigenvalue weighted by Crippen LogP contribution is -2.39. The van der Waals surface area contributed by atoms with Crippen LogP contribution in [0.5, 0.6) is 0 Å². The van der Waals surface area contributed by atoms with E-state index in [1.54, 1.807) is 0 Å². The molecule has 0 saturated carbocycles. The van der Waals surface area contributed by atoms with Crippen molar-refractivity contribution >= 4 is 12.1 Å². The largest absolute Gasteiger partial charge is 0.480 e. The molecule has 0 aliphatic carbocycles. The molecule has 0 aromatic heterocycles. The Morgan fingerprint density at radius 3 is 2.38 bits per heavy atom. The van der Waals surface area contributed by atoms with Gasteiger partial charge in [-0.2, -0.15) is 0 Å². The van der Waals surface area contributed by atoms with E-state index in [1.807, 2.05) is 0 Å². The summed E-state index contributed by atoms with van der Waals surface area (Å²) in [7, 11) is 0. The van der Waals surface area contributed by atoms with E-state index in [0.717, 1.165) is 4.90 Å². The van der Waals surface area contributed by atoms with Gasteiger partial charge in [-0.15, -0.1) is 0 Å². The zero-order chi connectivity index (χ0) is 10.0. The van der Waals surface area contributed by atoms with Crippen molar-refractivity contribution in [3.8, 4) is 0 Å². The van der Waals surface area contributed by atoms with Gasteiger partial charge in [0.1, 0.15) is 6.04 Å². The molecule has 1 saturated heterocycles. The maximum absolute atomic E-state index is 10.6. The molecule has 2 unspecified atom stereocenters. The Morgan fingerprint density at radius 1 is 1.46 bits per heavy atom. The Kier molecular flexibility index (Phi) is 2.72. The van der Waals surface area contributed by atoms with Crippen molar-refractivity contribution in [2.45, 2.75) is 12.5 Å². The summed E-state index contributed by atoms with van der Waals surface area (Å²) in [5, 5.41) is 17.4. The quantitative estimate of drug-likeness (QED) is 0.536. The summed E-state index contributed by atoms with van der Waals surface area (Å²) in [5.41, 5.74) is 5.35. The molecule has 1 fully saturated rings. The van der Waals surface area contributed by atoms with E-state index >= 15 is 0 Å². The molecule has 1 amide bonds. The summed E-state index contributed by atoms with van der Waals surface area (Å²) in [5.74, 6) is -1.13. The number of aliphatic carboxylic acids is 1. The number of carboxylic acids is 1. The standard InChI is InChI=1S/C7H12N2O4/c8-2-4-1-5(6(10)11)9(3-4)7(12)13/h4-5H,1-3,8H2,(H,10,11)(H,12,13). The first-order valence-corrected chi connectivity index (χ1v) is 3.98. The summed E-state index contributed by atoms with van der Waals surface area (Å²) in [6.45, 7) is 0.552. The molecule has 0 aromatic carbocycles. The van der Waals surface area contributed by atoms with E-state index < -0.39 is 18.1 Å². The molecule has 6 heteroatoms. The predicted octanol–water partition coefficient (Wildman–Crippen LogP) is -0.602. The highest BCUT2D eigenvalue weighted by Crippen LogP contribution is 2.22. The second kappa shape index (κ2) is 3.61. The van der Waals surface area contributed by atoms with Gasteiger partial charge in [-0.1, -0.05) is 0 Å². The van der Waals surface area contributed by atoms with Crippen LogP contribution in [0, 0.1) is 5.92 Å². The third-order valence-electron chi connectivity index (χ3n) is 2.25. The van der Waals surface area contributed by atoms with Gasteiger partial charge in [0.25, 0.3) is 0 Å². The van der Waals surface area contributed by atoms with Crippen LogP contribution in [0.4, 0.5) is 4.79 Å². The molecule has 0 bridgehead atoms. The monoisotopic (exact) mass is 188 g/mol. The highest BCUT2D eigenvalue weighted by Gasteiger charge is 2.38. The Hall–Kier alpha value is -1.30. The molecular formula is C7H12N2O4. The topological polar surface area (TPSA) is 104 Å². The van der Waals surface area contributed by atoms with Crippen LogP contribution in [0.25, 0.3) is 0 Å². The Bertz CT molecular complexity index is 209. The number of carbonyl (C=O) groups is 2. The van der Waals surface area contributed by atoms with Crippen molar-refractivity contribution in [3.05, 3.63) is 0 Å². The second-order valence-electron chi connectivity index (χ2n) is 3.13. The van der Waals surface area contributed by atoms with Gasteiger partial charge < -0.3 is 15.9 Å². The number of carboxylic acid groups (broad SMARTS) is 2. The highest BCUT2D eigenvalue weighted by atomic mass is 16.4. The van der Waals surface area contributed by atoms with Crippen LogP contribution in [0.1, 0.15) is 6.42 Å². The average Bonchev–Trinajstić information content (AvgIpc) is 2.47. The molecule has 1 aliphatic heterocycles. The van der Waals surface area contributed by atoms with Crippen LogP contribution in [-0.2, 0) is 4.79 Å². The number of likely N-dealkylation sites (tertiary alicyclic amines) is 1. The first-order valence-electron chi connectivity index (χ1n) is 3.98. The minimum Gasteiger partial charge on any atom is -0.480 e. The molecule has 2 atom stereocenters. The Morgan fingerprint density at radius 2 is 2.08 bits per heavy atom. The van der Waals surface area contributed by atoms with Crippen molar-refractivity contribution in [3.63, 3.8) is 0 Å². The van der Waals surface area contributed by atoms with Gasteiger partial charge >= 0.3 is 12.1 Å². The zero-order valence-electron chi connectivity index (χ0n) is 7.01. The van der Waals surface area contributed by atoms with Crippen LogP contribution in [0.2, 0.25) is 0 Å². The van der Waals surface area contributed by atoms with Gasteiger partial charge in [0.05, 0.1) is 0 Å². The molecule has 6 nitrogen and oxygen atoms in total. The molecule has 1 aliphatic rings. The van der Waals surface area contributed by atoms with Crippen molar-refractivity contribution < 1.29 is 19.8 Å². The predicted molar refractivity (Wildman–Crippen MR) is 43.3 cm³/mol. The maximum atomic E-state index is 10.6. The summed E-state index contributed by atoms with van der Waals surface area (Å²) in [6.07, 6.45) is -0.874. The molecule has 1 heterocycles. The first kappa shape index (κ1) is 9.79. The lowest BCUT2D eigenvalue weighted by molar-refractivity contribution is -0.141. The van der Waals surface area contributed by atoms with Crippen molar-refractivity contribution in [2.75, 3.05) is 13.1 Å². The van der Waals surface area contributed by atoms with E-state index in [4.69, 9.17) is 15.9 Å². The average molecular weight is 188 g/mol. The van der Waals surface area contributed by atoms with Crippen LogP contribution >= 0.6 is 0 Å². The molecule has 13 heavy (non-hydrogen) atoms. The highest BCUT2D eigenvalue weighted by molar-refractivity contribution is 5.80. The Labute approximate surface area is 74.9 Å². The number of hydrogen-bond acceptors (Lipinski definition) is 3. The third kappa shape index (κ3) is 1.89. The minimum absolute atomic E-state index is 0.0304. The van der Waals surface area contributed by atoms with Gasteiger partial charge in [0.2, 0.25) is 0 Å². The van der Waals surface area contributed by atoms with E-state index in [-0.39, 0.29) is 12.5 Å². The van der Waals surface area contributed by atoms with Gasteiger partial charge in [0.15, 0.2) is 0 Å².